The first-order valence-corrected chi connectivity index (χ1v) is 12.2. The number of piperidine rings is 1. The molecule has 1 unspecified atom stereocenters. The molecule has 7 nitrogen and oxygen atoms in total. The molecule has 35 heavy (non-hydrogen) atoms. The van der Waals surface area contributed by atoms with Gasteiger partial charge >= 0.3 is 0 Å². The van der Waals surface area contributed by atoms with Crippen LogP contribution in [0, 0.1) is 18.3 Å². The van der Waals surface area contributed by atoms with Crippen LogP contribution in [0.1, 0.15) is 53.7 Å². The lowest BCUT2D eigenvalue weighted by molar-refractivity contribution is 0.0663. The Kier molecular flexibility index (Phi) is 5.27. The molecule has 6 rings (SSSR count). The second kappa shape index (κ2) is 8.25. The molecule has 1 atom stereocenters. The molecule has 0 amide bonds. The van der Waals surface area contributed by atoms with E-state index in [-0.39, 0.29) is 12.3 Å². The highest BCUT2D eigenvalue weighted by molar-refractivity contribution is 6.30. The molecule has 180 valence electrons. The van der Waals surface area contributed by atoms with Crippen molar-refractivity contribution in [1.82, 2.24) is 24.6 Å². The summed E-state index contributed by atoms with van der Waals surface area (Å²) in [5.74, 6) is -0.0286. The lowest BCUT2D eigenvalue weighted by atomic mass is 9.95. The molecule has 2 fully saturated rings. The third-order valence-corrected chi connectivity index (χ3v) is 7.60. The first-order valence-electron chi connectivity index (χ1n) is 11.8. The zero-order valence-electron chi connectivity index (χ0n) is 19.3. The van der Waals surface area contributed by atoms with Crippen LogP contribution in [0.15, 0.2) is 30.3 Å². The Morgan fingerprint density at radius 3 is 2.57 bits per heavy atom. The van der Waals surface area contributed by atoms with E-state index in [0.717, 1.165) is 54.5 Å². The Balaban J connectivity index is 1.28. The summed E-state index contributed by atoms with van der Waals surface area (Å²) in [6.07, 6.45) is 1.61. The van der Waals surface area contributed by atoms with Gasteiger partial charge in [0.25, 0.3) is 5.92 Å². The number of pyridine rings is 1. The standard InChI is InChI=1S/C25H24ClF2N7/c1-15-17(12-29)2-5-22(30-15)33-8-6-16(7-9-33)24-32-31-23-14-34(21-11-25(21,27)28)13-18-10-19(26)3-4-20(18)35(23)24/h2-5,10,16,21H,6-9,11,13-14H2,1H3. The van der Waals surface area contributed by atoms with Gasteiger partial charge in [-0.3, -0.25) is 9.47 Å². The minimum Gasteiger partial charge on any atom is -0.357 e. The van der Waals surface area contributed by atoms with Crippen LogP contribution in [0.4, 0.5) is 14.6 Å². The number of rotatable bonds is 3. The second-order valence-corrected chi connectivity index (χ2v) is 10.1. The fourth-order valence-corrected chi connectivity index (χ4v) is 5.53. The van der Waals surface area contributed by atoms with E-state index in [1.807, 2.05) is 37.3 Å². The quantitative estimate of drug-likeness (QED) is 0.528. The summed E-state index contributed by atoms with van der Waals surface area (Å²) in [6, 6.07) is 10.8. The molecular formula is C25H24ClF2N7. The Bertz CT molecular complexity index is 1340. The van der Waals surface area contributed by atoms with E-state index in [1.54, 1.807) is 4.90 Å². The van der Waals surface area contributed by atoms with E-state index in [2.05, 4.69) is 30.7 Å². The van der Waals surface area contributed by atoms with E-state index < -0.39 is 12.0 Å². The van der Waals surface area contributed by atoms with Crippen LogP contribution < -0.4 is 4.90 Å². The average Bonchev–Trinajstić information content (AvgIpc) is 3.35. The summed E-state index contributed by atoms with van der Waals surface area (Å²) in [4.78, 5) is 8.64. The van der Waals surface area contributed by atoms with Crippen molar-refractivity contribution in [3.63, 3.8) is 0 Å². The molecule has 0 spiro atoms. The zero-order valence-corrected chi connectivity index (χ0v) is 20.0. The van der Waals surface area contributed by atoms with Gasteiger partial charge in [-0.15, -0.1) is 10.2 Å². The van der Waals surface area contributed by atoms with Gasteiger partial charge in [-0.2, -0.15) is 5.26 Å². The number of anilines is 1. The van der Waals surface area contributed by atoms with Crippen LogP contribution in [0.3, 0.4) is 0 Å². The first kappa shape index (κ1) is 22.4. The number of hydrogen-bond acceptors (Lipinski definition) is 6. The maximum Gasteiger partial charge on any atom is 0.265 e. The molecule has 2 aliphatic heterocycles. The number of halogens is 3. The smallest absolute Gasteiger partial charge is 0.265 e. The topological polar surface area (TPSA) is 73.9 Å². The van der Waals surface area contributed by atoms with Gasteiger partial charge in [0.2, 0.25) is 0 Å². The molecule has 0 bridgehead atoms. The van der Waals surface area contributed by atoms with Gasteiger partial charge in [0, 0.05) is 37.0 Å². The summed E-state index contributed by atoms with van der Waals surface area (Å²) in [7, 11) is 0. The van der Waals surface area contributed by atoms with Gasteiger partial charge in [0.15, 0.2) is 5.82 Å². The number of benzene rings is 1. The zero-order chi connectivity index (χ0) is 24.3. The predicted molar refractivity (Wildman–Crippen MR) is 127 cm³/mol. The van der Waals surface area contributed by atoms with E-state index in [0.29, 0.717) is 29.5 Å². The maximum atomic E-state index is 13.9. The number of fused-ring (bicyclic) bond motifs is 3. The highest BCUT2D eigenvalue weighted by Crippen LogP contribution is 2.47. The summed E-state index contributed by atoms with van der Waals surface area (Å²) < 4.78 is 30.0. The summed E-state index contributed by atoms with van der Waals surface area (Å²) in [6.45, 7) is 4.19. The van der Waals surface area contributed by atoms with Gasteiger partial charge < -0.3 is 4.90 Å². The van der Waals surface area contributed by atoms with Gasteiger partial charge in [-0.05, 0) is 55.7 Å². The van der Waals surface area contributed by atoms with E-state index in [1.165, 1.54) is 0 Å². The fraction of sp³-hybridized carbons (Fsp3) is 0.440. The fourth-order valence-electron chi connectivity index (χ4n) is 5.34. The van der Waals surface area contributed by atoms with Crippen molar-refractivity contribution in [2.75, 3.05) is 18.0 Å². The van der Waals surface area contributed by atoms with Crippen LogP contribution in [-0.2, 0) is 13.1 Å². The van der Waals surface area contributed by atoms with Crippen molar-refractivity contribution in [3.05, 3.63) is 63.8 Å². The monoisotopic (exact) mass is 495 g/mol. The van der Waals surface area contributed by atoms with Gasteiger partial charge in [0.1, 0.15) is 17.7 Å². The second-order valence-electron chi connectivity index (χ2n) is 9.64. The SMILES string of the molecule is Cc1nc(N2CCC(c3nnc4n3-c3ccc(Cl)cc3CN(C3CC3(F)F)C4)CC2)ccc1C#N. The minimum absolute atomic E-state index is 0.120. The van der Waals surface area contributed by atoms with Crippen LogP contribution in [0.25, 0.3) is 5.69 Å². The van der Waals surface area contributed by atoms with Crippen molar-refractivity contribution >= 4 is 17.4 Å². The van der Waals surface area contributed by atoms with Gasteiger partial charge in [0.05, 0.1) is 29.5 Å². The molecule has 10 heteroatoms. The Morgan fingerprint density at radius 2 is 1.89 bits per heavy atom. The molecular weight excluding hydrogens is 472 g/mol. The molecule has 1 aromatic carbocycles. The lowest BCUT2D eigenvalue weighted by Gasteiger charge is -2.32. The van der Waals surface area contributed by atoms with Crippen molar-refractivity contribution < 1.29 is 8.78 Å². The molecule has 1 aliphatic carbocycles. The van der Waals surface area contributed by atoms with Crippen molar-refractivity contribution in [2.45, 2.75) is 57.2 Å². The van der Waals surface area contributed by atoms with Gasteiger partial charge in [-0.1, -0.05) is 11.6 Å². The van der Waals surface area contributed by atoms with Crippen LogP contribution in [0.5, 0.6) is 0 Å². The Labute approximate surface area is 207 Å². The number of alkyl halides is 2. The molecule has 4 heterocycles. The summed E-state index contributed by atoms with van der Waals surface area (Å²) >= 11 is 6.29. The molecule has 1 saturated carbocycles. The number of nitrogens with zero attached hydrogens (tertiary/aromatic N) is 7. The number of aromatic nitrogens is 4. The molecule has 1 saturated heterocycles. The molecule has 0 N–H and O–H groups in total. The van der Waals surface area contributed by atoms with E-state index in [4.69, 9.17) is 11.6 Å². The number of aryl methyl sites for hydroxylation is 1. The largest absolute Gasteiger partial charge is 0.357 e. The molecule has 3 aliphatic rings. The number of nitriles is 1. The van der Waals surface area contributed by atoms with Crippen molar-refractivity contribution in [1.29, 1.82) is 5.26 Å². The number of hydrogen-bond donors (Lipinski definition) is 0. The van der Waals surface area contributed by atoms with E-state index in [9.17, 15) is 14.0 Å². The Hall–Kier alpha value is -3.09. The van der Waals surface area contributed by atoms with Gasteiger partial charge in [-0.25, -0.2) is 13.8 Å². The van der Waals surface area contributed by atoms with Crippen LogP contribution in [0.2, 0.25) is 5.02 Å². The normalized spacial score (nSPS) is 21.7. The van der Waals surface area contributed by atoms with Crippen LogP contribution in [-0.4, -0.2) is 49.7 Å². The van der Waals surface area contributed by atoms with Crippen LogP contribution >= 0.6 is 11.6 Å². The first-order chi connectivity index (χ1) is 16.8. The lowest BCUT2D eigenvalue weighted by Crippen LogP contribution is -2.34. The molecule has 3 aromatic rings. The summed E-state index contributed by atoms with van der Waals surface area (Å²) in [5.41, 5.74) is 3.15. The van der Waals surface area contributed by atoms with E-state index >= 15 is 0 Å². The van der Waals surface area contributed by atoms with Crippen molar-refractivity contribution in [3.8, 4) is 11.8 Å². The summed E-state index contributed by atoms with van der Waals surface area (Å²) in [5, 5.41) is 18.8. The molecule has 0 radical (unpaired) electrons. The minimum atomic E-state index is -2.65. The molecule has 2 aromatic heterocycles. The van der Waals surface area contributed by atoms with Crippen molar-refractivity contribution in [2.24, 2.45) is 0 Å². The predicted octanol–water partition coefficient (Wildman–Crippen LogP) is 4.60. The third-order valence-electron chi connectivity index (χ3n) is 7.36. The highest BCUT2D eigenvalue weighted by atomic mass is 35.5. The average molecular weight is 496 g/mol. The third kappa shape index (κ3) is 3.95. The maximum absolute atomic E-state index is 13.9. The Morgan fingerprint density at radius 1 is 1.11 bits per heavy atom. The highest BCUT2D eigenvalue weighted by Gasteiger charge is 2.60.